The Hall–Kier alpha value is -2.82. The van der Waals surface area contributed by atoms with Gasteiger partial charge in [0.15, 0.2) is 0 Å². The molecule has 3 aromatic carbocycles. The molecule has 33 heavy (non-hydrogen) atoms. The van der Waals surface area contributed by atoms with Gasteiger partial charge in [-0.15, -0.1) is 0 Å². The van der Waals surface area contributed by atoms with Crippen LogP contribution in [0.15, 0.2) is 78.9 Å². The smallest absolute Gasteiger partial charge is 0.119 e. The maximum atomic E-state index is 5.56. The number of nitrogens with zero attached hydrogens (tertiary/aromatic N) is 2. The van der Waals surface area contributed by atoms with Gasteiger partial charge in [-0.05, 0) is 59.8 Å². The van der Waals surface area contributed by atoms with E-state index in [1.165, 1.54) is 23.1 Å². The topological polar surface area (TPSA) is 24.9 Å². The number of fused-ring (bicyclic) bond motifs is 1. The van der Waals surface area contributed by atoms with Gasteiger partial charge in [-0.3, -0.25) is 9.80 Å². The van der Waals surface area contributed by atoms with E-state index in [1.807, 2.05) is 0 Å². The van der Waals surface area contributed by atoms with Crippen molar-refractivity contribution in [1.29, 1.82) is 0 Å². The average Bonchev–Trinajstić information content (AvgIpc) is 3.22. The summed E-state index contributed by atoms with van der Waals surface area (Å²) in [5.74, 6) is 3.01. The highest BCUT2D eigenvalue weighted by molar-refractivity contribution is 5.33. The van der Waals surface area contributed by atoms with Gasteiger partial charge < -0.3 is 9.47 Å². The number of methoxy groups -OCH3 is 2. The van der Waals surface area contributed by atoms with Gasteiger partial charge in [0.05, 0.1) is 14.2 Å². The standard InChI is InChI=1S/C29H34N2O2/c1-32-25-13-11-23(12-14-25)18-30-16-15-29-28(20-30)27(24-9-6-10-26(17-24)33-2)21-31(29)19-22-7-4-3-5-8-22/h3-14,17,27-29H,15-16,18-21H2,1-2H3/t27-,28-,29-/m1/s1. The summed E-state index contributed by atoms with van der Waals surface area (Å²) >= 11 is 0. The third kappa shape index (κ3) is 4.92. The third-order valence-electron chi connectivity index (χ3n) is 7.44. The van der Waals surface area contributed by atoms with Crippen molar-refractivity contribution in [3.63, 3.8) is 0 Å². The highest BCUT2D eigenvalue weighted by atomic mass is 16.5. The molecule has 0 spiro atoms. The first kappa shape index (κ1) is 22.0. The SMILES string of the molecule is COc1ccc(CN2CC[C@@H]3[C@H](C2)[C@@H](c2cccc(OC)c2)CN3Cc2ccccc2)cc1. The molecule has 3 atom stereocenters. The molecule has 5 rings (SSSR count). The molecule has 4 nitrogen and oxygen atoms in total. The van der Waals surface area contributed by atoms with Crippen molar-refractivity contribution in [1.82, 2.24) is 9.80 Å². The molecule has 4 heteroatoms. The van der Waals surface area contributed by atoms with Gasteiger partial charge in [0.25, 0.3) is 0 Å². The second kappa shape index (κ2) is 9.98. The van der Waals surface area contributed by atoms with Crippen LogP contribution in [0.25, 0.3) is 0 Å². The molecule has 0 unspecified atom stereocenters. The first-order valence-corrected chi connectivity index (χ1v) is 12.0. The van der Waals surface area contributed by atoms with Crippen molar-refractivity contribution < 1.29 is 9.47 Å². The Morgan fingerprint density at radius 1 is 0.758 bits per heavy atom. The van der Waals surface area contributed by atoms with E-state index in [0.29, 0.717) is 17.9 Å². The van der Waals surface area contributed by atoms with E-state index in [0.717, 1.165) is 44.2 Å². The average molecular weight is 443 g/mol. The van der Waals surface area contributed by atoms with Gasteiger partial charge >= 0.3 is 0 Å². The molecule has 3 aromatic rings. The second-order valence-corrected chi connectivity index (χ2v) is 9.40. The molecular formula is C29H34N2O2. The lowest BCUT2D eigenvalue weighted by Crippen LogP contribution is -2.46. The fourth-order valence-corrected chi connectivity index (χ4v) is 5.77. The van der Waals surface area contributed by atoms with Crippen LogP contribution in [0.1, 0.15) is 29.0 Å². The van der Waals surface area contributed by atoms with Crippen LogP contribution in [-0.4, -0.2) is 49.7 Å². The summed E-state index contributed by atoms with van der Waals surface area (Å²) in [5.41, 5.74) is 4.17. The molecule has 0 amide bonds. The lowest BCUT2D eigenvalue weighted by molar-refractivity contribution is 0.101. The van der Waals surface area contributed by atoms with Crippen molar-refractivity contribution in [2.75, 3.05) is 33.9 Å². The zero-order valence-electron chi connectivity index (χ0n) is 19.7. The Bertz CT molecular complexity index is 1040. The molecule has 2 saturated heterocycles. The van der Waals surface area contributed by atoms with Gasteiger partial charge in [0, 0.05) is 38.1 Å². The molecule has 0 bridgehead atoms. The molecule has 2 fully saturated rings. The van der Waals surface area contributed by atoms with E-state index in [9.17, 15) is 0 Å². The summed E-state index contributed by atoms with van der Waals surface area (Å²) in [4.78, 5) is 5.37. The van der Waals surface area contributed by atoms with Crippen molar-refractivity contribution in [2.24, 2.45) is 5.92 Å². The van der Waals surface area contributed by atoms with Crippen molar-refractivity contribution >= 4 is 0 Å². The van der Waals surface area contributed by atoms with Gasteiger partial charge in [0.2, 0.25) is 0 Å². The number of piperidine rings is 1. The summed E-state index contributed by atoms with van der Waals surface area (Å²) in [7, 11) is 3.48. The molecule has 2 aliphatic rings. The van der Waals surface area contributed by atoms with Crippen LogP contribution in [0.4, 0.5) is 0 Å². The molecule has 0 saturated carbocycles. The van der Waals surface area contributed by atoms with Crippen LogP contribution in [-0.2, 0) is 13.1 Å². The largest absolute Gasteiger partial charge is 0.497 e. The number of benzene rings is 3. The summed E-state index contributed by atoms with van der Waals surface area (Å²) in [6, 6.07) is 28.8. The quantitative estimate of drug-likeness (QED) is 0.503. The zero-order chi connectivity index (χ0) is 22.6. The molecular weight excluding hydrogens is 408 g/mol. The molecule has 172 valence electrons. The number of likely N-dealkylation sites (tertiary alicyclic amines) is 2. The lowest BCUT2D eigenvalue weighted by Gasteiger charge is -2.39. The minimum Gasteiger partial charge on any atom is -0.497 e. The first-order chi connectivity index (χ1) is 16.2. The monoisotopic (exact) mass is 442 g/mol. The maximum Gasteiger partial charge on any atom is 0.119 e. The number of rotatable bonds is 7. The highest BCUT2D eigenvalue weighted by Gasteiger charge is 2.45. The molecule has 0 aromatic heterocycles. The third-order valence-corrected chi connectivity index (χ3v) is 7.44. The van der Waals surface area contributed by atoms with E-state index in [2.05, 4.69) is 88.7 Å². The highest BCUT2D eigenvalue weighted by Crippen LogP contribution is 2.43. The van der Waals surface area contributed by atoms with Gasteiger partial charge in [-0.1, -0.05) is 54.6 Å². The Balaban J connectivity index is 1.36. The van der Waals surface area contributed by atoms with Crippen LogP contribution < -0.4 is 9.47 Å². The van der Waals surface area contributed by atoms with Crippen LogP contribution in [0, 0.1) is 5.92 Å². The number of hydrogen-bond acceptors (Lipinski definition) is 4. The van der Waals surface area contributed by atoms with Crippen LogP contribution >= 0.6 is 0 Å². The van der Waals surface area contributed by atoms with Crippen molar-refractivity contribution in [3.05, 3.63) is 95.6 Å². The van der Waals surface area contributed by atoms with E-state index in [4.69, 9.17) is 9.47 Å². The molecule has 0 aliphatic carbocycles. The summed E-state index contributed by atoms with van der Waals surface area (Å²) in [6.45, 7) is 5.40. The Labute approximate surface area is 197 Å². The van der Waals surface area contributed by atoms with Gasteiger partial charge in [-0.25, -0.2) is 0 Å². The van der Waals surface area contributed by atoms with Gasteiger partial charge in [0.1, 0.15) is 11.5 Å². The Kier molecular flexibility index (Phi) is 6.65. The minimum absolute atomic E-state index is 0.521. The van der Waals surface area contributed by atoms with Gasteiger partial charge in [-0.2, -0.15) is 0 Å². The predicted octanol–water partition coefficient (Wildman–Crippen LogP) is 5.19. The second-order valence-electron chi connectivity index (χ2n) is 9.40. The fourth-order valence-electron chi connectivity index (χ4n) is 5.77. The van der Waals surface area contributed by atoms with Crippen LogP contribution in [0.5, 0.6) is 11.5 Å². The summed E-state index contributed by atoms with van der Waals surface area (Å²) < 4.78 is 10.9. The zero-order valence-corrected chi connectivity index (χ0v) is 19.7. The molecule has 0 N–H and O–H groups in total. The fraction of sp³-hybridized carbons (Fsp3) is 0.379. The Morgan fingerprint density at radius 2 is 1.52 bits per heavy atom. The van der Waals surface area contributed by atoms with E-state index in [-0.39, 0.29) is 0 Å². The molecule has 0 radical (unpaired) electrons. The number of hydrogen-bond donors (Lipinski definition) is 0. The summed E-state index contributed by atoms with van der Waals surface area (Å²) in [5, 5.41) is 0. The van der Waals surface area contributed by atoms with E-state index < -0.39 is 0 Å². The first-order valence-electron chi connectivity index (χ1n) is 12.0. The summed E-state index contributed by atoms with van der Waals surface area (Å²) in [6.07, 6.45) is 1.22. The predicted molar refractivity (Wildman–Crippen MR) is 133 cm³/mol. The van der Waals surface area contributed by atoms with E-state index >= 15 is 0 Å². The number of ether oxygens (including phenoxy) is 2. The minimum atomic E-state index is 0.521. The van der Waals surface area contributed by atoms with Crippen LogP contribution in [0.2, 0.25) is 0 Å². The van der Waals surface area contributed by atoms with Crippen molar-refractivity contribution in [3.8, 4) is 11.5 Å². The molecule has 2 heterocycles. The maximum absolute atomic E-state index is 5.56. The van der Waals surface area contributed by atoms with Crippen LogP contribution in [0.3, 0.4) is 0 Å². The lowest BCUT2D eigenvalue weighted by atomic mass is 9.81. The molecule has 2 aliphatic heterocycles. The normalized spacial score (nSPS) is 23.3. The Morgan fingerprint density at radius 3 is 2.27 bits per heavy atom. The van der Waals surface area contributed by atoms with E-state index in [1.54, 1.807) is 14.2 Å². The van der Waals surface area contributed by atoms with Crippen molar-refractivity contribution in [2.45, 2.75) is 31.5 Å².